The molecule has 176 valence electrons. The van der Waals surface area contributed by atoms with Crippen LogP contribution in [0.25, 0.3) is 5.76 Å². The molecule has 1 heterocycles. The molecule has 2 N–H and O–H groups in total. The third kappa shape index (κ3) is 4.66. The first-order valence-electron chi connectivity index (χ1n) is 10.7. The number of ketones is 1. The molecule has 2 aromatic rings. The number of Topliss-reactive ketones (excluding diaryl/α,β-unsaturated/α-hetero) is 1. The van der Waals surface area contributed by atoms with Gasteiger partial charge < -0.3 is 29.1 Å². The summed E-state index contributed by atoms with van der Waals surface area (Å²) < 4.78 is 16.0. The molecule has 1 aliphatic rings. The molecule has 8 nitrogen and oxygen atoms in total. The monoisotopic (exact) mass is 455 g/mol. The molecule has 0 aliphatic carbocycles. The van der Waals surface area contributed by atoms with Gasteiger partial charge in [-0.25, -0.2) is 0 Å². The van der Waals surface area contributed by atoms with Gasteiger partial charge in [0.2, 0.25) is 0 Å². The lowest BCUT2D eigenvalue weighted by Crippen LogP contribution is -3.06. The summed E-state index contributed by atoms with van der Waals surface area (Å²) >= 11 is 0. The van der Waals surface area contributed by atoms with Crippen LogP contribution >= 0.6 is 0 Å². The Morgan fingerprint density at radius 2 is 1.70 bits per heavy atom. The number of rotatable bonds is 8. The summed E-state index contributed by atoms with van der Waals surface area (Å²) in [4.78, 5) is 28.9. The van der Waals surface area contributed by atoms with Crippen LogP contribution in [-0.2, 0) is 9.59 Å². The maximum absolute atomic E-state index is 13.2. The number of quaternary nitrogens is 1. The van der Waals surface area contributed by atoms with Crippen LogP contribution in [0.4, 0.5) is 0 Å². The first kappa shape index (κ1) is 24.1. The van der Waals surface area contributed by atoms with Gasteiger partial charge in [-0.05, 0) is 48.4 Å². The standard InChI is InChI=1S/C25H30N2O6/c1-15-13-17(31-4)8-9-18(15)23(28)21-22(16-7-10-19(32-5)20(14-16)33-6)27(12-11-26(2)3)25(30)24(21)29/h7-10,13-14,22,28H,11-12H2,1-6H3/p+1/b23-21+/t22-/m0/s1. The van der Waals surface area contributed by atoms with Gasteiger partial charge in [-0.2, -0.15) is 0 Å². The van der Waals surface area contributed by atoms with Crippen molar-refractivity contribution in [1.82, 2.24) is 4.90 Å². The predicted molar refractivity (Wildman–Crippen MR) is 124 cm³/mol. The van der Waals surface area contributed by atoms with Gasteiger partial charge in [-0.3, -0.25) is 9.59 Å². The van der Waals surface area contributed by atoms with Crippen LogP contribution in [0.5, 0.6) is 17.2 Å². The molecule has 0 aromatic heterocycles. The second kappa shape index (κ2) is 9.95. The van der Waals surface area contributed by atoms with Crippen molar-refractivity contribution in [3.63, 3.8) is 0 Å². The second-order valence-electron chi connectivity index (χ2n) is 8.24. The number of hydrogen-bond acceptors (Lipinski definition) is 6. The van der Waals surface area contributed by atoms with E-state index in [0.717, 1.165) is 10.5 Å². The largest absolute Gasteiger partial charge is 0.507 e. The van der Waals surface area contributed by atoms with Crippen molar-refractivity contribution < 1.29 is 33.8 Å². The van der Waals surface area contributed by atoms with E-state index in [4.69, 9.17) is 14.2 Å². The van der Waals surface area contributed by atoms with E-state index in [1.807, 2.05) is 21.0 Å². The van der Waals surface area contributed by atoms with E-state index in [1.165, 1.54) is 19.1 Å². The molecule has 1 amide bonds. The van der Waals surface area contributed by atoms with Crippen LogP contribution in [-0.4, -0.2) is 70.2 Å². The minimum absolute atomic E-state index is 0.0502. The van der Waals surface area contributed by atoms with Crippen molar-refractivity contribution in [1.29, 1.82) is 0 Å². The van der Waals surface area contributed by atoms with Gasteiger partial charge in [0.05, 0.1) is 60.1 Å². The number of likely N-dealkylation sites (tertiary alicyclic amines) is 1. The van der Waals surface area contributed by atoms with Crippen molar-refractivity contribution in [3.8, 4) is 17.2 Å². The number of aliphatic hydroxyl groups is 1. The first-order valence-corrected chi connectivity index (χ1v) is 10.7. The quantitative estimate of drug-likeness (QED) is 0.357. The molecular formula is C25H31N2O6+. The molecule has 3 rings (SSSR count). The Kier molecular flexibility index (Phi) is 7.28. The topological polar surface area (TPSA) is 89.7 Å². The third-order valence-corrected chi connectivity index (χ3v) is 5.80. The second-order valence-corrected chi connectivity index (χ2v) is 8.24. The van der Waals surface area contributed by atoms with Crippen LogP contribution in [0.3, 0.4) is 0 Å². The molecule has 2 aromatic carbocycles. The van der Waals surface area contributed by atoms with E-state index >= 15 is 0 Å². The highest BCUT2D eigenvalue weighted by Gasteiger charge is 2.46. The molecule has 0 unspecified atom stereocenters. The lowest BCUT2D eigenvalue weighted by molar-refractivity contribution is -0.857. The zero-order valence-electron chi connectivity index (χ0n) is 19.9. The maximum atomic E-state index is 13.2. The molecule has 1 fully saturated rings. The Morgan fingerprint density at radius 1 is 1.00 bits per heavy atom. The van der Waals surface area contributed by atoms with Gasteiger partial charge in [0.25, 0.3) is 11.7 Å². The molecule has 0 bridgehead atoms. The van der Waals surface area contributed by atoms with E-state index in [-0.39, 0.29) is 11.3 Å². The number of aliphatic hydroxyl groups excluding tert-OH is 1. The van der Waals surface area contributed by atoms with Crippen LogP contribution in [0.15, 0.2) is 42.0 Å². The van der Waals surface area contributed by atoms with Crippen molar-refractivity contribution in [3.05, 3.63) is 58.7 Å². The summed E-state index contributed by atoms with van der Waals surface area (Å²) in [7, 11) is 8.57. The van der Waals surface area contributed by atoms with Crippen molar-refractivity contribution in [2.24, 2.45) is 0 Å². The zero-order valence-corrected chi connectivity index (χ0v) is 19.9. The first-order chi connectivity index (χ1) is 15.7. The van der Waals surface area contributed by atoms with Crippen molar-refractivity contribution in [2.45, 2.75) is 13.0 Å². The minimum atomic E-state index is -0.759. The van der Waals surface area contributed by atoms with E-state index in [1.54, 1.807) is 43.5 Å². The predicted octanol–water partition coefficient (Wildman–Crippen LogP) is 1.59. The highest BCUT2D eigenvalue weighted by molar-refractivity contribution is 6.46. The number of carbonyl (C=O) groups excluding carboxylic acids is 2. The summed E-state index contributed by atoms with van der Waals surface area (Å²) in [6.07, 6.45) is 0. The summed E-state index contributed by atoms with van der Waals surface area (Å²) in [5.41, 5.74) is 1.89. The molecule has 33 heavy (non-hydrogen) atoms. The SMILES string of the molecule is COc1ccc(/C(O)=C2\C(=O)C(=O)N(CC[NH+](C)C)[C@H]2c2ccc(OC)c(OC)c2)c(C)c1. The highest BCUT2D eigenvalue weighted by atomic mass is 16.5. The summed E-state index contributed by atoms with van der Waals surface area (Å²) in [6.45, 7) is 2.80. The molecule has 0 spiro atoms. The molecule has 0 saturated carbocycles. The van der Waals surface area contributed by atoms with Crippen LogP contribution in [0, 0.1) is 6.92 Å². The number of benzene rings is 2. The van der Waals surface area contributed by atoms with E-state index in [0.29, 0.717) is 41.5 Å². The molecule has 1 saturated heterocycles. The number of aryl methyl sites for hydroxylation is 1. The van der Waals surface area contributed by atoms with Gasteiger partial charge in [-0.15, -0.1) is 0 Å². The van der Waals surface area contributed by atoms with Crippen molar-refractivity contribution in [2.75, 3.05) is 48.5 Å². The molecule has 1 aliphatic heterocycles. The minimum Gasteiger partial charge on any atom is -0.507 e. The molecular weight excluding hydrogens is 424 g/mol. The van der Waals surface area contributed by atoms with Crippen molar-refractivity contribution >= 4 is 17.4 Å². The Morgan fingerprint density at radius 3 is 2.27 bits per heavy atom. The average Bonchev–Trinajstić information content (AvgIpc) is 3.06. The number of nitrogens with zero attached hydrogens (tertiary/aromatic N) is 1. The van der Waals surface area contributed by atoms with Gasteiger partial charge in [0.1, 0.15) is 11.5 Å². The number of hydrogen-bond donors (Lipinski definition) is 2. The normalized spacial score (nSPS) is 17.5. The third-order valence-electron chi connectivity index (χ3n) is 5.80. The van der Waals surface area contributed by atoms with Gasteiger partial charge in [-0.1, -0.05) is 6.07 Å². The lowest BCUT2D eigenvalue weighted by Gasteiger charge is -2.26. The van der Waals surface area contributed by atoms with Crippen LogP contribution in [0.1, 0.15) is 22.7 Å². The molecule has 0 radical (unpaired) electrons. The summed E-state index contributed by atoms with van der Waals surface area (Å²) in [6, 6.07) is 9.65. The smallest absolute Gasteiger partial charge is 0.295 e. The lowest BCUT2D eigenvalue weighted by atomic mass is 9.93. The van der Waals surface area contributed by atoms with Gasteiger partial charge >= 0.3 is 0 Å². The molecule has 1 atom stereocenters. The van der Waals surface area contributed by atoms with Crippen LogP contribution < -0.4 is 19.1 Å². The number of amides is 1. The Balaban J connectivity index is 2.21. The zero-order chi connectivity index (χ0) is 24.3. The fraction of sp³-hybridized carbons (Fsp3) is 0.360. The number of ether oxygens (including phenoxy) is 3. The fourth-order valence-electron chi connectivity index (χ4n) is 4.00. The van der Waals surface area contributed by atoms with Gasteiger partial charge in [0, 0.05) is 5.56 Å². The fourth-order valence-corrected chi connectivity index (χ4v) is 4.00. The highest BCUT2D eigenvalue weighted by Crippen LogP contribution is 2.42. The number of methoxy groups -OCH3 is 3. The Bertz CT molecular complexity index is 1090. The van der Waals surface area contributed by atoms with E-state index < -0.39 is 17.7 Å². The maximum Gasteiger partial charge on any atom is 0.295 e. The summed E-state index contributed by atoms with van der Waals surface area (Å²) in [5, 5.41) is 11.3. The van der Waals surface area contributed by atoms with Gasteiger partial charge in [0.15, 0.2) is 11.5 Å². The average molecular weight is 456 g/mol. The Hall–Kier alpha value is -3.52. The van der Waals surface area contributed by atoms with Crippen LogP contribution in [0.2, 0.25) is 0 Å². The van der Waals surface area contributed by atoms with E-state index in [2.05, 4.69) is 0 Å². The number of likely N-dealkylation sites (N-methyl/N-ethyl adjacent to an activating group) is 1. The summed E-state index contributed by atoms with van der Waals surface area (Å²) in [5.74, 6) is 0.0734. The number of nitrogens with one attached hydrogen (secondary N) is 1. The van der Waals surface area contributed by atoms with E-state index in [9.17, 15) is 14.7 Å². The number of carbonyl (C=O) groups is 2. The molecule has 8 heteroatoms. The Labute approximate surface area is 194 Å².